The van der Waals surface area contributed by atoms with Gasteiger partial charge in [-0.3, -0.25) is 9.59 Å². The molecule has 1 aromatic carbocycles. The van der Waals surface area contributed by atoms with Crippen LogP contribution < -0.4 is 0 Å². The van der Waals surface area contributed by atoms with E-state index in [2.05, 4.69) is 4.74 Å². The zero-order valence-corrected chi connectivity index (χ0v) is 13.2. The number of rotatable bonds is 5. The van der Waals surface area contributed by atoms with Gasteiger partial charge in [-0.1, -0.05) is 24.3 Å². The largest absolute Gasteiger partial charge is 0.439 e. The fourth-order valence-electron chi connectivity index (χ4n) is 2.99. The molecule has 0 spiro atoms. The molecular weight excluding hydrogens is 296 g/mol. The van der Waals surface area contributed by atoms with Crippen LogP contribution in [0.15, 0.2) is 24.3 Å². The van der Waals surface area contributed by atoms with Gasteiger partial charge >= 0.3 is 6.09 Å². The van der Waals surface area contributed by atoms with Gasteiger partial charge in [-0.2, -0.15) is 0 Å². The van der Waals surface area contributed by atoms with Gasteiger partial charge < -0.3 is 9.64 Å². The molecular formula is C17H20N2O4. The lowest BCUT2D eigenvalue weighted by Gasteiger charge is -2.40. The van der Waals surface area contributed by atoms with Crippen LogP contribution in [0.3, 0.4) is 0 Å². The molecule has 0 saturated carbocycles. The summed E-state index contributed by atoms with van der Waals surface area (Å²) in [5, 5.41) is 0. The fraction of sp³-hybridized carbons (Fsp3) is 0.471. The van der Waals surface area contributed by atoms with E-state index in [-0.39, 0.29) is 24.3 Å². The number of carbonyl (C=O) groups is 3. The number of carbonyl (C=O) groups excluding carboxylic acids is 3. The predicted molar refractivity (Wildman–Crippen MR) is 82.6 cm³/mol. The van der Waals surface area contributed by atoms with E-state index in [0.717, 1.165) is 11.3 Å². The van der Waals surface area contributed by atoms with Crippen LogP contribution in [0, 0.1) is 12.8 Å². The Labute approximate surface area is 135 Å². The van der Waals surface area contributed by atoms with Crippen molar-refractivity contribution in [2.24, 2.45) is 5.92 Å². The molecule has 2 aliphatic heterocycles. The Morgan fingerprint density at radius 1 is 1.26 bits per heavy atom. The highest BCUT2D eigenvalue weighted by molar-refractivity contribution is 5.97. The van der Waals surface area contributed by atoms with Crippen LogP contribution >= 0.6 is 0 Å². The van der Waals surface area contributed by atoms with Crippen LogP contribution in [0.25, 0.3) is 0 Å². The zero-order valence-electron chi connectivity index (χ0n) is 13.2. The van der Waals surface area contributed by atoms with Gasteiger partial charge in [-0.05, 0) is 24.5 Å². The highest BCUT2D eigenvalue weighted by Crippen LogP contribution is 2.21. The lowest BCUT2D eigenvalue weighted by atomic mass is 9.97. The number of likely N-dealkylation sites (tertiary alicyclic amines) is 1. The Morgan fingerprint density at radius 2 is 2.00 bits per heavy atom. The van der Waals surface area contributed by atoms with Crippen molar-refractivity contribution in [3.8, 4) is 0 Å². The maximum Gasteiger partial charge on any atom is 0.417 e. The van der Waals surface area contributed by atoms with Crippen LogP contribution in [-0.2, 0) is 20.7 Å². The smallest absolute Gasteiger partial charge is 0.417 e. The second kappa shape index (κ2) is 6.40. The van der Waals surface area contributed by atoms with Crippen LogP contribution in [0.5, 0.6) is 0 Å². The number of aryl methyl sites for hydroxylation is 2. The van der Waals surface area contributed by atoms with Crippen molar-refractivity contribution in [1.82, 2.24) is 9.80 Å². The zero-order chi connectivity index (χ0) is 16.4. The Bertz CT molecular complexity index is 621. The molecule has 2 aliphatic rings. The molecule has 6 heteroatoms. The van der Waals surface area contributed by atoms with Crippen molar-refractivity contribution in [1.29, 1.82) is 0 Å². The number of ether oxygens (including phenoxy) is 1. The first-order chi connectivity index (χ1) is 11.0. The Hall–Kier alpha value is -2.37. The third-order valence-corrected chi connectivity index (χ3v) is 4.46. The topological polar surface area (TPSA) is 66.9 Å². The molecule has 3 amide bonds. The lowest BCUT2D eigenvalue weighted by molar-refractivity contribution is -0.138. The number of hydrogen-bond donors (Lipinski definition) is 0. The van der Waals surface area contributed by atoms with Crippen molar-refractivity contribution < 1.29 is 19.1 Å². The molecule has 0 aromatic heterocycles. The van der Waals surface area contributed by atoms with E-state index in [4.69, 9.17) is 0 Å². The van der Waals surface area contributed by atoms with E-state index in [0.29, 0.717) is 26.1 Å². The number of cyclic esters (lactones) is 1. The van der Waals surface area contributed by atoms with Crippen LogP contribution in [-0.4, -0.2) is 53.9 Å². The average Bonchev–Trinajstić information content (AvgIpc) is 2.80. The summed E-state index contributed by atoms with van der Waals surface area (Å²) in [4.78, 5) is 37.9. The monoisotopic (exact) mass is 316 g/mol. The van der Waals surface area contributed by atoms with Gasteiger partial charge in [0.25, 0.3) is 5.91 Å². The summed E-state index contributed by atoms with van der Waals surface area (Å²) in [5.74, 6) is -0.00818. The second-order valence-corrected chi connectivity index (χ2v) is 6.15. The number of imide groups is 1. The molecule has 122 valence electrons. The first-order valence-corrected chi connectivity index (χ1v) is 7.84. The molecule has 0 bridgehead atoms. The summed E-state index contributed by atoms with van der Waals surface area (Å²) in [6.07, 6.45) is 0.658. The summed E-state index contributed by atoms with van der Waals surface area (Å²) in [5.41, 5.74) is 2.40. The van der Waals surface area contributed by atoms with Crippen molar-refractivity contribution >= 4 is 17.9 Å². The van der Waals surface area contributed by atoms with Crippen LogP contribution in [0.4, 0.5) is 4.79 Å². The number of nitrogens with zero attached hydrogens (tertiary/aromatic N) is 2. The van der Waals surface area contributed by atoms with E-state index in [9.17, 15) is 14.4 Å². The minimum absolute atomic E-state index is 0.125. The Kier molecular flexibility index (Phi) is 4.32. The Balaban J connectivity index is 1.42. The minimum Gasteiger partial charge on any atom is -0.439 e. The standard InChI is InChI=1S/C17H20N2O4/c1-12-4-2-3-5-14(12)6-7-15(20)18-8-13(9-18)10-19-16(21)11-23-17(19)22/h2-5,13H,6-11H2,1H3. The molecule has 0 atom stereocenters. The molecule has 6 nitrogen and oxygen atoms in total. The highest BCUT2D eigenvalue weighted by atomic mass is 16.6. The summed E-state index contributed by atoms with van der Waals surface area (Å²) in [6.45, 7) is 3.43. The highest BCUT2D eigenvalue weighted by Gasteiger charge is 2.38. The quantitative estimate of drug-likeness (QED) is 0.823. The number of amides is 3. The fourth-order valence-corrected chi connectivity index (χ4v) is 2.99. The predicted octanol–water partition coefficient (Wildman–Crippen LogP) is 1.36. The van der Waals surface area contributed by atoms with E-state index in [1.807, 2.05) is 31.2 Å². The summed E-state index contributed by atoms with van der Waals surface area (Å²) in [6, 6.07) is 8.07. The van der Waals surface area contributed by atoms with E-state index in [1.54, 1.807) is 4.90 Å². The SMILES string of the molecule is Cc1ccccc1CCC(=O)N1CC(CN2C(=O)COC2=O)C1. The summed E-state index contributed by atoms with van der Waals surface area (Å²) >= 11 is 0. The molecule has 2 fully saturated rings. The van der Waals surface area contributed by atoms with Gasteiger partial charge in [0.05, 0.1) is 0 Å². The summed E-state index contributed by atoms with van der Waals surface area (Å²) < 4.78 is 4.68. The van der Waals surface area contributed by atoms with Crippen molar-refractivity contribution in [3.05, 3.63) is 35.4 Å². The second-order valence-electron chi connectivity index (χ2n) is 6.15. The molecule has 0 N–H and O–H groups in total. The van der Waals surface area contributed by atoms with Crippen LogP contribution in [0.2, 0.25) is 0 Å². The van der Waals surface area contributed by atoms with E-state index >= 15 is 0 Å². The van der Waals surface area contributed by atoms with Gasteiger partial charge in [-0.25, -0.2) is 9.69 Å². The Morgan fingerprint density at radius 3 is 2.65 bits per heavy atom. The van der Waals surface area contributed by atoms with Gasteiger partial charge in [0.1, 0.15) is 0 Å². The van der Waals surface area contributed by atoms with Gasteiger partial charge in [-0.15, -0.1) is 0 Å². The van der Waals surface area contributed by atoms with Gasteiger partial charge in [0, 0.05) is 32.0 Å². The molecule has 0 radical (unpaired) electrons. The average molecular weight is 316 g/mol. The molecule has 23 heavy (non-hydrogen) atoms. The van der Waals surface area contributed by atoms with E-state index in [1.165, 1.54) is 11.1 Å². The molecule has 3 rings (SSSR count). The normalized spacial score (nSPS) is 18.1. The molecule has 1 aromatic rings. The molecule has 2 heterocycles. The lowest BCUT2D eigenvalue weighted by Crippen LogP contribution is -2.54. The van der Waals surface area contributed by atoms with Gasteiger partial charge in [0.15, 0.2) is 6.61 Å². The number of benzene rings is 1. The molecule has 0 aliphatic carbocycles. The van der Waals surface area contributed by atoms with Crippen LogP contribution in [0.1, 0.15) is 17.5 Å². The van der Waals surface area contributed by atoms with Crippen molar-refractivity contribution in [2.45, 2.75) is 19.8 Å². The third-order valence-electron chi connectivity index (χ3n) is 4.46. The maximum atomic E-state index is 12.2. The molecule has 0 unspecified atom stereocenters. The van der Waals surface area contributed by atoms with Gasteiger partial charge in [0.2, 0.25) is 5.91 Å². The number of hydrogen-bond acceptors (Lipinski definition) is 4. The van der Waals surface area contributed by atoms with E-state index < -0.39 is 6.09 Å². The molecule has 2 saturated heterocycles. The van der Waals surface area contributed by atoms with Crippen molar-refractivity contribution in [2.75, 3.05) is 26.2 Å². The van der Waals surface area contributed by atoms with Crippen molar-refractivity contribution in [3.63, 3.8) is 0 Å². The first-order valence-electron chi connectivity index (χ1n) is 7.84. The minimum atomic E-state index is -0.570. The third kappa shape index (κ3) is 3.36. The maximum absolute atomic E-state index is 12.2. The summed E-state index contributed by atoms with van der Waals surface area (Å²) in [7, 11) is 0. The first kappa shape index (κ1) is 15.5.